The highest BCUT2D eigenvalue weighted by atomic mass is 32.1. The Balaban J connectivity index is 1.18. The first-order valence-corrected chi connectivity index (χ1v) is 13.9. The molecule has 0 bridgehead atoms. The van der Waals surface area contributed by atoms with Crippen molar-refractivity contribution in [2.75, 3.05) is 31.6 Å². The van der Waals surface area contributed by atoms with Gasteiger partial charge in [-0.2, -0.15) is 5.10 Å². The summed E-state index contributed by atoms with van der Waals surface area (Å²) < 4.78 is 7.28. The fraction of sp³-hybridized carbons (Fsp3) is 0.226. The van der Waals surface area contributed by atoms with Crippen molar-refractivity contribution < 1.29 is 9.53 Å². The summed E-state index contributed by atoms with van der Waals surface area (Å²) in [5, 5.41) is 10.7. The molecule has 6 rings (SSSR count). The molecule has 38 heavy (non-hydrogen) atoms. The summed E-state index contributed by atoms with van der Waals surface area (Å²) in [4.78, 5) is 16.1. The first-order valence-electron chi connectivity index (χ1n) is 13.1. The van der Waals surface area contributed by atoms with E-state index in [1.165, 1.54) is 52.0 Å². The number of carbonyl (C=O) groups excluding carboxylic acids is 1. The normalized spacial score (nSPS) is 13.7. The van der Waals surface area contributed by atoms with Gasteiger partial charge in [0.25, 0.3) is 5.91 Å². The fourth-order valence-corrected chi connectivity index (χ4v) is 6.23. The highest BCUT2D eigenvalue weighted by Gasteiger charge is 2.15. The first-order chi connectivity index (χ1) is 18.7. The maximum atomic E-state index is 12.4. The van der Waals surface area contributed by atoms with Gasteiger partial charge in [-0.1, -0.05) is 42.5 Å². The predicted octanol–water partition coefficient (Wildman–Crippen LogP) is 6.61. The zero-order chi connectivity index (χ0) is 25.7. The molecule has 0 aliphatic carbocycles. The van der Waals surface area contributed by atoms with Gasteiger partial charge in [0.1, 0.15) is 18.1 Å². The van der Waals surface area contributed by atoms with Gasteiger partial charge in [0.05, 0.1) is 0 Å². The molecular formula is C31H30N4O2S. The smallest absolute Gasteiger partial charge is 0.273 e. The fourth-order valence-electron chi connectivity index (χ4n) is 5.00. The monoisotopic (exact) mass is 522 g/mol. The van der Waals surface area contributed by atoms with Gasteiger partial charge >= 0.3 is 0 Å². The van der Waals surface area contributed by atoms with Crippen molar-refractivity contribution >= 4 is 33.0 Å². The van der Waals surface area contributed by atoms with E-state index in [2.05, 4.69) is 81.1 Å². The number of anilines is 1. The number of aromatic nitrogens is 2. The molecule has 5 aromatic rings. The zero-order valence-electron chi connectivity index (χ0n) is 21.2. The van der Waals surface area contributed by atoms with Crippen LogP contribution in [0.2, 0.25) is 0 Å². The van der Waals surface area contributed by atoms with Gasteiger partial charge in [-0.3, -0.25) is 14.8 Å². The third-order valence-corrected chi connectivity index (χ3v) is 8.29. The number of fused-ring (bicyclic) bond motifs is 1. The molecular weight excluding hydrogens is 492 g/mol. The van der Waals surface area contributed by atoms with E-state index in [0.717, 1.165) is 36.6 Å². The maximum Gasteiger partial charge on any atom is 0.273 e. The number of aromatic amines is 1. The number of amides is 1. The largest absolute Gasteiger partial charge is 0.492 e. The molecule has 3 aromatic carbocycles. The summed E-state index contributed by atoms with van der Waals surface area (Å²) in [5.41, 5.74) is 4.90. The van der Waals surface area contributed by atoms with Crippen LogP contribution in [0.4, 0.5) is 5.69 Å². The van der Waals surface area contributed by atoms with Crippen LogP contribution in [-0.4, -0.2) is 47.2 Å². The second kappa shape index (κ2) is 11.2. The first kappa shape index (κ1) is 24.4. The number of nitrogens with zero attached hydrogens (tertiary/aromatic N) is 2. The lowest BCUT2D eigenvalue weighted by atomic mass is 9.99. The highest BCUT2D eigenvalue weighted by molar-refractivity contribution is 7.22. The summed E-state index contributed by atoms with van der Waals surface area (Å²) in [6, 6.07) is 26.8. The maximum absolute atomic E-state index is 12.4. The number of rotatable bonds is 9. The Labute approximate surface area is 226 Å². The van der Waals surface area contributed by atoms with E-state index < -0.39 is 0 Å². The second-order valence-electron chi connectivity index (χ2n) is 9.63. The Morgan fingerprint density at radius 1 is 0.974 bits per heavy atom. The van der Waals surface area contributed by atoms with Crippen LogP contribution in [0.1, 0.15) is 34.5 Å². The molecule has 1 amide bonds. The Hall–Kier alpha value is -3.94. The number of carbonyl (C=O) groups is 1. The van der Waals surface area contributed by atoms with Crippen molar-refractivity contribution in [2.24, 2.45) is 0 Å². The molecule has 1 saturated heterocycles. The molecule has 0 spiro atoms. The van der Waals surface area contributed by atoms with Gasteiger partial charge in [0, 0.05) is 28.0 Å². The Morgan fingerprint density at radius 3 is 2.53 bits per heavy atom. The standard InChI is InChI=1S/C31H30N4O2S/c36-31(28-15-16-32-34-28)33-24-11-9-23(10-12-24)30-27(26-5-1-2-6-29(26)38-30)21-22-7-13-25(14-8-22)37-20-19-35-17-3-4-18-35/h1-2,5-16H,3-4,17-21H2,(H,32,34)(H,33,36). The van der Waals surface area contributed by atoms with E-state index >= 15 is 0 Å². The van der Waals surface area contributed by atoms with E-state index in [1.54, 1.807) is 12.3 Å². The zero-order valence-corrected chi connectivity index (χ0v) is 22.0. The second-order valence-corrected chi connectivity index (χ2v) is 10.7. The number of hydrogen-bond acceptors (Lipinski definition) is 5. The van der Waals surface area contributed by atoms with Gasteiger partial charge in [0.15, 0.2) is 0 Å². The lowest BCUT2D eigenvalue weighted by Crippen LogP contribution is -2.25. The van der Waals surface area contributed by atoms with Crippen LogP contribution >= 0.6 is 11.3 Å². The van der Waals surface area contributed by atoms with Crippen LogP contribution in [-0.2, 0) is 6.42 Å². The number of ether oxygens (including phenoxy) is 1. The molecule has 0 atom stereocenters. The molecule has 0 unspecified atom stereocenters. The van der Waals surface area contributed by atoms with Crippen LogP contribution in [0.3, 0.4) is 0 Å². The SMILES string of the molecule is O=C(Nc1ccc(-c2sc3ccccc3c2Cc2ccc(OCCN3CCCC3)cc2)cc1)c1ccn[nH]1. The third kappa shape index (κ3) is 5.49. The molecule has 1 fully saturated rings. The molecule has 0 radical (unpaired) electrons. The van der Waals surface area contributed by atoms with Gasteiger partial charge in [0.2, 0.25) is 0 Å². The molecule has 3 heterocycles. The van der Waals surface area contributed by atoms with Crippen LogP contribution < -0.4 is 10.1 Å². The number of H-pyrrole nitrogens is 1. The van der Waals surface area contributed by atoms with Gasteiger partial charge < -0.3 is 10.1 Å². The summed E-state index contributed by atoms with van der Waals surface area (Å²) >= 11 is 1.81. The van der Waals surface area contributed by atoms with Crippen molar-refractivity contribution in [2.45, 2.75) is 19.3 Å². The van der Waals surface area contributed by atoms with Crippen molar-refractivity contribution in [3.05, 3.63) is 102 Å². The molecule has 192 valence electrons. The molecule has 6 nitrogen and oxygen atoms in total. The quantitative estimate of drug-likeness (QED) is 0.229. The Bertz CT molecular complexity index is 1500. The van der Waals surface area contributed by atoms with Crippen LogP contribution in [0.5, 0.6) is 5.75 Å². The van der Waals surface area contributed by atoms with Crippen LogP contribution in [0, 0.1) is 0 Å². The van der Waals surface area contributed by atoms with E-state index in [0.29, 0.717) is 5.69 Å². The Morgan fingerprint density at radius 2 is 1.76 bits per heavy atom. The minimum Gasteiger partial charge on any atom is -0.492 e. The summed E-state index contributed by atoms with van der Waals surface area (Å²) in [5.74, 6) is 0.720. The molecule has 1 aliphatic heterocycles. The van der Waals surface area contributed by atoms with Crippen molar-refractivity contribution in [3.8, 4) is 16.2 Å². The van der Waals surface area contributed by atoms with Gasteiger partial charge in [-0.05, 0) is 90.8 Å². The minimum atomic E-state index is -0.207. The topological polar surface area (TPSA) is 70.2 Å². The molecule has 1 aliphatic rings. The minimum absolute atomic E-state index is 0.207. The number of nitrogens with one attached hydrogen (secondary N) is 2. The number of hydrogen-bond donors (Lipinski definition) is 2. The number of thiophene rings is 1. The van der Waals surface area contributed by atoms with E-state index in [-0.39, 0.29) is 5.91 Å². The molecule has 2 aromatic heterocycles. The van der Waals surface area contributed by atoms with Crippen molar-refractivity contribution in [3.63, 3.8) is 0 Å². The van der Waals surface area contributed by atoms with E-state index in [9.17, 15) is 4.79 Å². The lowest BCUT2D eigenvalue weighted by Gasteiger charge is -2.15. The van der Waals surface area contributed by atoms with E-state index in [4.69, 9.17) is 4.74 Å². The van der Waals surface area contributed by atoms with Gasteiger partial charge in [-0.15, -0.1) is 11.3 Å². The van der Waals surface area contributed by atoms with Crippen LogP contribution in [0.25, 0.3) is 20.5 Å². The summed E-state index contributed by atoms with van der Waals surface area (Å²) in [6.07, 6.45) is 5.02. The summed E-state index contributed by atoms with van der Waals surface area (Å²) in [7, 11) is 0. The Kier molecular flexibility index (Phi) is 7.20. The number of likely N-dealkylation sites (tertiary alicyclic amines) is 1. The van der Waals surface area contributed by atoms with Crippen molar-refractivity contribution in [1.82, 2.24) is 15.1 Å². The summed E-state index contributed by atoms with van der Waals surface area (Å²) in [6.45, 7) is 4.12. The average Bonchev–Trinajstić information content (AvgIpc) is 3.73. The van der Waals surface area contributed by atoms with Crippen molar-refractivity contribution in [1.29, 1.82) is 0 Å². The highest BCUT2D eigenvalue weighted by Crippen LogP contribution is 2.40. The predicted molar refractivity (Wildman–Crippen MR) is 154 cm³/mol. The van der Waals surface area contributed by atoms with E-state index in [1.807, 2.05) is 23.5 Å². The van der Waals surface area contributed by atoms with Crippen LogP contribution in [0.15, 0.2) is 85.1 Å². The lowest BCUT2D eigenvalue weighted by molar-refractivity contribution is 0.102. The molecule has 2 N–H and O–H groups in total. The molecule has 0 saturated carbocycles. The van der Waals surface area contributed by atoms with Gasteiger partial charge in [-0.25, -0.2) is 0 Å². The molecule has 7 heteroatoms. The average molecular weight is 523 g/mol. The third-order valence-electron chi connectivity index (χ3n) is 7.03. The number of benzene rings is 3.